The Morgan fingerprint density at radius 1 is 1.62 bits per heavy atom. The summed E-state index contributed by atoms with van der Waals surface area (Å²) in [5.41, 5.74) is 0.346. The number of hydrogen-bond acceptors (Lipinski definition) is 4. The van der Waals surface area contributed by atoms with Gasteiger partial charge in [-0.2, -0.15) is 5.26 Å². The van der Waals surface area contributed by atoms with Crippen LogP contribution in [0.5, 0.6) is 0 Å². The minimum atomic E-state index is 0.346. The lowest BCUT2D eigenvalue weighted by atomic mass is 10.4. The summed E-state index contributed by atoms with van der Waals surface area (Å²) < 4.78 is 0. The van der Waals surface area contributed by atoms with E-state index in [0.717, 1.165) is 0 Å². The first-order chi connectivity index (χ1) is 6.36. The van der Waals surface area contributed by atoms with Gasteiger partial charge in [-0.15, -0.1) is 12.3 Å². The van der Waals surface area contributed by atoms with Gasteiger partial charge in [-0.05, 0) is 6.07 Å². The number of nitrogens with one attached hydrogen (secondary N) is 1. The Balaban J connectivity index is 2.59. The van der Waals surface area contributed by atoms with Crippen LogP contribution in [0.1, 0.15) is 12.1 Å². The predicted molar refractivity (Wildman–Crippen MR) is 48.7 cm³/mol. The summed E-state index contributed by atoms with van der Waals surface area (Å²) in [5, 5.41) is 11.4. The van der Waals surface area contributed by atoms with Crippen molar-refractivity contribution < 1.29 is 0 Å². The van der Waals surface area contributed by atoms with Gasteiger partial charge in [0.15, 0.2) is 0 Å². The monoisotopic (exact) mass is 172 g/mol. The molecule has 64 valence electrons. The van der Waals surface area contributed by atoms with Crippen molar-refractivity contribution in [3.8, 4) is 18.4 Å². The molecule has 1 aromatic heterocycles. The lowest BCUT2D eigenvalue weighted by Crippen LogP contribution is -2.04. The minimum Gasteiger partial charge on any atom is -0.353 e. The van der Waals surface area contributed by atoms with Gasteiger partial charge in [0.05, 0.1) is 0 Å². The van der Waals surface area contributed by atoms with Crippen LogP contribution in [-0.4, -0.2) is 16.5 Å². The number of terminal acetylenes is 1. The van der Waals surface area contributed by atoms with Crippen LogP contribution in [0, 0.1) is 23.7 Å². The largest absolute Gasteiger partial charge is 0.353 e. The lowest BCUT2D eigenvalue weighted by Gasteiger charge is -2.00. The Hall–Kier alpha value is -2.07. The number of anilines is 1. The Morgan fingerprint density at radius 2 is 2.46 bits per heavy atom. The molecule has 0 spiro atoms. The molecule has 0 fully saturated rings. The molecule has 1 aromatic rings. The fourth-order valence-corrected chi connectivity index (χ4v) is 0.753. The van der Waals surface area contributed by atoms with Crippen molar-refractivity contribution in [2.24, 2.45) is 0 Å². The molecular formula is C9H8N4. The molecule has 1 N–H and O–H groups in total. The second-order valence-corrected chi connectivity index (χ2v) is 2.26. The third-order valence-electron chi connectivity index (χ3n) is 1.32. The number of nitriles is 1. The first kappa shape index (κ1) is 9.02. The zero-order valence-electron chi connectivity index (χ0n) is 6.99. The van der Waals surface area contributed by atoms with Gasteiger partial charge in [0.2, 0.25) is 5.95 Å². The normalized spacial score (nSPS) is 8.46. The Morgan fingerprint density at radius 3 is 3.15 bits per heavy atom. The molecule has 0 aliphatic heterocycles. The summed E-state index contributed by atoms with van der Waals surface area (Å²) in [4.78, 5) is 7.83. The van der Waals surface area contributed by atoms with E-state index in [4.69, 9.17) is 11.7 Å². The molecule has 0 saturated heterocycles. The third-order valence-corrected chi connectivity index (χ3v) is 1.32. The van der Waals surface area contributed by atoms with Crippen LogP contribution < -0.4 is 5.32 Å². The molecule has 0 amide bonds. The van der Waals surface area contributed by atoms with E-state index >= 15 is 0 Å². The number of hydrogen-bond donors (Lipinski definition) is 1. The maximum Gasteiger partial charge on any atom is 0.223 e. The standard InChI is InChI=1S/C9H8N4/c1-2-3-5-11-9-12-6-4-8(7-10)13-9/h1,4,6H,3,5H2,(H,11,12,13). The Labute approximate surface area is 76.6 Å². The van der Waals surface area contributed by atoms with E-state index in [2.05, 4.69) is 21.2 Å². The SMILES string of the molecule is C#CCCNc1nccc(C#N)n1. The van der Waals surface area contributed by atoms with E-state index in [1.54, 1.807) is 6.07 Å². The van der Waals surface area contributed by atoms with Crippen molar-refractivity contribution in [3.05, 3.63) is 18.0 Å². The summed E-state index contributed by atoms with van der Waals surface area (Å²) in [6.07, 6.45) is 7.21. The molecule has 0 bridgehead atoms. The summed E-state index contributed by atoms with van der Waals surface area (Å²) in [7, 11) is 0. The topological polar surface area (TPSA) is 61.6 Å². The molecule has 0 aliphatic rings. The van der Waals surface area contributed by atoms with E-state index in [1.165, 1.54) is 6.20 Å². The summed E-state index contributed by atoms with van der Waals surface area (Å²) in [6, 6.07) is 3.47. The Bertz CT molecular complexity index is 359. The van der Waals surface area contributed by atoms with Crippen molar-refractivity contribution in [1.29, 1.82) is 5.26 Å². The first-order valence-electron chi connectivity index (χ1n) is 3.77. The first-order valence-corrected chi connectivity index (χ1v) is 3.77. The summed E-state index contributed by atoms with van der Waals surface area (Å²) in [6.45, 7) is 0.616. The van der Waals surface area contributed by atoms with E-state index in [-0.39, 0.29) is 0 Å². The highest BCUT2D eigenvalue weighted by atomic mass is 15.1. The minimum absolute atomic E-state index is 0.346. The molecule has 1 rings (SSSR count). The predicted octanol–water partition coefficient (Wildman–Crippen LogP) is 0.783. The molecule has 0 unspecified atom stereocenters. The highest BCUT2D eigenvalue weighted by Crippen LogP contribution is 1.98. The molecule has 0 aliphatic carbocycles. The molecule has 4 heteroatoms. The van der Waals surface area contributed by atoms with Crippen LogP contribution in [0.15, 0.2) is 12.3 Å². The summed E-state index contributed by atoms with van der Waals surface area (Å²) >= 11 is 0. The number of aromatic nitrogens is 2. The van der Waals surface area contributed by atoms with Gasteiger partial charge in [-0.25, -0.2) is 9.97 Å². The van der Waals surface area contributed by atoms with Gasteiger partial charge in [0, 0.05) is 19.2 Å². The summed E-state index contributed by atoms with van der Waals surface area (Å²) in [5.74, 6) is 2.92. The van der Waals surface area contributed by atoms with E-state index < -0.39 is 0 Å². The van der Waals surface area contributed by atoms with Gasteiger partial charge in [0.1, 0.15) is 11.8 Å². The van der Waals surface area contributed by atoms with Gasteiger partial charge in [-0.3, -0.25) is 0 Å². The van der Waals surface area contributed by atoms with E-state index in [9.17, 15) is 0 Å². The second kappa shape index (κ2) is 4.74. The zero-order chi connectivity index (χ0) is 9.52. The second-order valence-electron chi connectivity index (χ2n) is 2.26. The molecule has 0 radical (unpaired) electrons. The molecule has 0 aromatic carbocycles. The van der Waals surface area contributed by atoms with Crippen molar-refractivity contribution in [2.45, 2.75) is 6.42 Å². The van der Waals surface area contributed by atoms with Crippen LogP contribution >= 0.6 is 0 Å². The fourth-order valence-electron chi connectivity index (χ4n) is 0.753. The van der Waals surface area contributed by atoms with E-state index in [0.29, 0.717) is 24.6 Å². The average molecular weight is 172 g/mol. The van der Waals surface area contributed by atoms with Crippen LogP contribution in [-0.2, 0) is 0 Å². The maximum absolute atomic E-state index is 8.53. The van der Waals surface area contributed by atoms with Crippen LogP contribution in [0.25, 0.3) is 0 Å². The van der Waals surface area contributed by atoms with Crippen molar-refractivity contribution >= 4 is 5.95 Å². The quantitative estimate of drug-likeness (QED) is 0.540. The van der Waals surface area contributed by atoms with Crippen LogP contribution in [0.2, 0.25) is 0 Å². The smallest absolute Gasteiger partial charge is 0.223 e. The zero-order valence-corrected chi connectivity index (χ0v) is 6.99. The number of rotatable bonds is 3. The van der Waals surface area contributed by atoms with E-state index in [1.807, 2.05) is 6.07 Å². The molecule has 1 heterocycles. The fraction of sp³-hybridized carbons (Fsp3) is 0.222. The molecule has 0 atom stereocenters. The molecular weight excluding hydrogens is 164 g/mol. The van der Waals surface area contributed by atoms with Crippen LogP contribution in [0.3, 0.4) is 0 Å². The van der Waals surface area contributed by atoms with Crippen molar-refractivity contribution in [1.82, 2.24) is 9.97 Å². The average Bonchev–Trinajstić information content (AvgIpc) is 2.19. The van der Waals surface area contributed by atoms with Gasteiger partial charge in [0.25, 0.3) is 0 Å². The van der Waals surface area contributed by atoms with Crippen molar-refractivity contribution in [3.63, 3.8) is 0 Å². The lowest BCUT2D eigenvalue weighted by molar-refractivity contribution is 1.03. The number of nitrogens with zero attached hydrogens (tertiary/aromatic N) is 3. The molecule has 13 heavy (non-hydrogen) atoms. The van der Waals surface area contributed by atoms with Gasteiger partial charge < -0.3 is 5.32 Å². The molecule has 0 saturated carbocycles. The Kier molecular flexibility index (Phi) is 3.29. The van der Waals surface area contributed by atoms with Gasteiger partial charge in [-0.1, -0.05) is 0 Å². The highest BCUT2D eigenvalue weighted by molar-refractivity contribution is 5.29. The maximum atomic E-state index is 8.53. The van der Waals surface area contributed by atoms with Crippen LogP contribution in [0.4, 0.5) is 5.95 Å². The molecule has 4 nitrogen and oxygen atoms in total. The highest BCUT2D eigenvalue weighted by Gasteiger charge is 1.95. The van der Waals surface area contributed by atoms with Gasteiger partial charge >= 0.3 is 0 Å². The third kappa shape index (κ3) is 2.80. The van der Waals surface area contributed by atoms with Crippen molar-refractivity contribution in [2.75, 3.05) is 11.9 Å².